The summed E-state index contributed by atoms with van der Waals surface area (Å²) in [7, 11) is 0. The van der Waals surface area contributed by atoms with E-state index in [9.17, 15) is 9.90 Å². The van der Waals surface area contributed by atoms with Crippen LogP contribution in [0, 0.1) is 0 Å². The topological polar surface area (TPSA) is 37.3 Å². The van der Waals surface area contributed by atoms with Crippen LogP contribution < -0.4 is 0 Å². The first kappa shape index (κ1) is 13.1. The summed E-state index contributed by atoms with van der Waals surface area (Å²) in [6.45, 7) is 9.44. The molecule has 1 unspecified atom stereocenters. The summed E-state index contributed by atoms with van der Waals surface area (Å²) in [5, 5.41) is 10.1. The van der Waals surface area contributed by atoms with Crippen molar-refractivity contribution in [3.63, 3.8) is 0 Å². The van der Waals surface area contributed by atoms with Crippen molar-refractivity contribution >= 4 is 16.9 Å². The standard InChI is InChI=1S/C13H18O2S/c1-5-7-10-11(14)13(4,16-12(10)15)8-9(3)6-2/h6,8,14H,2,5,7H2,1,3-4H3. The highest BCUT2D eigenvalue weighted by atomic mass is 32.2. The molecule has 0 bridgehead atoms. The van der Waals surface area contributed by atoms with Crippen LogP contribution in [-0.4, -0.2) is 15.0 Å². The Kier molecular flexibility index (Phi) is 4.03. The largest absolute Gasteiger partial charge is 0.510 e. The molecule has 1 heterocycles. The molecule has 0 aromatic heterocycles. The first-order valence-electron chi connectivity index (χ1n) is 5.42. The van der Waals surface area contributed by atoms with Gasteiger partial charge in [-0.2, -0.15) is 0 Å². The van der Waals surface area contributed by atoms with Crippen molar-refractivity contribution in [2.24, 2.45) is 0 Å². The Labute approximate surface area is 101 Å². The second-order valence-corrected chi connectivity index (χ2v) is 5.59. The Morgan fingerprint density at radius 2 is 2.25 bits per heavy atom. The van der Waals surface area contributed by atoms with E-state index >= 15 is 0 Å². The van der Waals surface area contributed by atoms with Gasteiger partial charge in [0.1, 0.15) is 5.76 Å². The third-order valence-electron chi connectivity index (χ3n) is 2.63. The van der Waals surface area contributed by atoms with E-state index in [1.165, 1.54) is 11.8 Å². The maximum absolute atomic E-state index is 11.8. The van der Waals surface area contributed by atoms with E-state index in [0.717, 1.165) is 12.0 Å². The van der Waals surface area contributed by atoms with Crippen LogP contribution in [0.25, 0.3) is 0 Å². The van der Waals surface area contributed by atoms with Crippen molar-refractivity contribution in [2.75, 3.05) is 0 Å². The summed E-state index contributed by atoms with van der Waals surface area (Å²) in [5.74, 6) is 0.213. The van der Waals surface area contributed by atoms with Crippen molar-refractivity contribution in [2.45, 2.75) is 38.4 Å². The molecular weight excluding hydrogens is 220 g/mol. The molecule has 88 valence electrons. The minimum atomic E-state index is -0.611. The molecule has 0 amide bonds. The van der Waals surface area contributed by atoms with E-state index < -0.39 is 4.75 Å². The maximum Gasteiger partial charge on any atom is 0.220 e. The summed E-state index contributed by atoms with van der Waals surface area (Å²) < 4.78 is -0.611. The molecule has 0 aromatic carbocycles. The van der Waals surface area contributed by atoms with Gasteiger partial charge < -0.3 is 5.11 Å². The Morgan fingerprint density at radius 3 is 2.75 bits per heavy atom. The van der Waals surface area contributed by atoms with Crippen molar-refractivity contribution < 1.29 is 9.90 Å². The summed E-state index contributed by atoms with van der Waals surface area (Å²) in [5.41, 5.74) is 1.54. The fraction of sp³-hybridized carbons (Fsp3) is 0.462. The van der Waals surface area contributed by atoms with Crippen LogP contribution in [0.4, 0.5) is 0 Å². The van der Waals surface area contributed by atoms with Gasteiger partial charge in [0.05, 0.1) is 4.75 Å². The monoisotopic (exact) mass is 238 g/mol. The van der Waals surface area contributed by atoms with E-state index in [4.69, 9.17) is 0 Å². The zero-order valence-electron chi connectivity index (χ0n) is 10.0. The number of hydrogen-bond donors (Lipinski definition) is 1. The lowest BCUT2D eigenvalue weighted by molar-refractivity contribution is -0.108. The Hall–Kier alpha value is -0.960. The van der Waals surface area contributed by atoms with E-state index in [1.54, 1.807) is 6.08 Å². The molecular formula is C13H18O2S. The van der Waals surface area contributed by atoms with E-state index in [1.807, 2.05) is 26.8 Å². The average molecular weight is 238 g/mol. The van der Waals surface area contributed by atoms with E-state index in [2.05, 4.69) is 6.58 Å². The van der Waals surface area contributed by atoms with Crippen molar-refractivity contribution in [3.8, 4) is 0 Å². The zero-order valence-corrected chi connectivity index (χ0v) is 10.9. The molecule has 0 saturated heterocycles. The normalized spacial score (nSPS) is 26.4. The Morgan fingerprint density at radius 1 is 1.62 bits per heavy atom. The predicted molar refractivity (Wildman–Crippen MR) is 69.5 cm³/mol. The molecule has 0 radical (unpaired) electrons. The fourth-order valence-electron chi connectivity index (χ4n) is 1.76. The van der Waals surface area contributed by atoms with Gasteiger partial charge in [-0.05, 0) is 20.3 Å². The van der Waals surface area contributed by atoms with Crippen LogP contribution >= 0.6 is 11.8 Å². The van der Waals surface area contributed by atoms with Crippen LogP contribution in [0.1, 0.15) is 33.6 Å². The molecule has 0 saturated carbocycles. The minimum absolute atomic E-state index is 0.00466. The molecule has 16 heavy (non-hydrogen) atoms. The summed E-state index contributed by atoms with van der Waals surface area (Å²) in [4.78, 5) is 11.8. The van der Waals surface area contributed by atoms with E-state index in [-0.39, 0.29) is 10.9 Å². The van der Waals surface area contributed by atoms with Gasteiger partial charge in [-0.15, -0.1) is 0 Å². The van der Waals surface area contributed by atoms with Gasteiger partial charge in [0.2, 0.25) is 5.12 Å². The SMILES string of the molecule is C=CC(C)=CC1(C)SC(=O)C(CCC)=C1O. The molecule has 0 spiro atoms. The van der Waals surface area contributed by atoms with Crippen LogP contribution in [0.5, 0.6) is 0 Å². The van der Waals surface area contributed by atoms with Crippen LogP contribution in [0.3, 0.4) is 0 Å². The van der Waals surface area contributed by atoms with Crippen LogP contribution in [0.2, 0.25) is 0 Å². The van der Waals surface area contributed by atoms with E-state index in [0.29, 0.717) is 12.0 Å². The Balaban J connectivity index is 3.10. The number of aliphatic hydroxyl groups is 1. The highest BCUT2D eigenvalue weighted by Gasteiger charge is 2.41. The van der Waals surface area contributed by atoms with Gasteiger partial charge in [0, 0.05) is 5.57 Å². The predicted octanol–water partition coefficient (Wildman–Crippen LogP) is 3.76. The first-order valence-corrected chi connectivity index (χ1v) is 6.24. The molecule has 1 N–H and O–H groups in total. The van der Waals surface area contributed by atoms with Gasteiger partial charge in [-0.3, -0.25) is 4.79 Å². The van der Waals surface area contributed by atoms with Gasteiger partial charge in [0.25, 0.3) is 0 Å². The maximum atomic E-state index is 11.8. The summed E-state index contributed by atoms with van der Waals surface area (Å²) >= 11 is 1.18. The molecule has 1 aliphatic rings. The highest BCUT2D eigenvalue weighted by molar-refractivity contribution is 8.16. The number of carbonyl (C=O) groups is 1. The van der Waals surface area contributed by atoms with Crippen molar-refractivity contribution in [1.82, 2.24) is 0 Å². The second kappa shape index (κ2) is 4.91. The quantitative estimate of drug-likeness (QED) is 0.758. The lowest BCUT2D eigenvalue weighted by Crippen LogP contribution is -2.17. The van der Waals surface area contributed by atoms with Gasteiger partial charge in [-0.1, -0.05) is 49.4 Å². The van der Waals surface area contributed by atoms with Gasteiger partial charge >= 0.3 is 0 Å². The number of allylic oxidation sites excluding steroid dienone is 2. The van der Waals surface area contributed by atoms with Gasteiger partial charge in [0.15, 0.2) is 0 Å². The second-order valence-electron chi connectivity index (χ2n) is 4.17. The molecule has 3 heteroatoms. The average Bonchev–Trinajstić information content (AvgIpc) is 2.42. The van der Waals surface area contributed by atoms with Crippen molar-refractivity contribution in [3.05, 3.63) is 35.6 Å². The first-order chi connectivity index (χ1) is 7.44. The Bertz CT molecular complexity index is 379. The molecule has 0 aromatic rings. The van der Waals surface area contributed by atoms with Gasteiger partial charge in [-0.25, -0.2) is 0 Å². The fourth-order valence-corrected chi connectivity index (χ4v) is 2.93. The molecule has 2 nitrogen and oxygen atoms in total. The third-order valence-corrected chi connectivity index (χ3v) is 3.80. The number of carbonyl (C=O) groups excluding carboxylic acids is 1. The van der Waals surface area contributed by atoms with Crippen LogP contribution in [-0.2, 0) is 4.79 Å². The molecule has 0 aliphatic carbocycles. The number of hydrogen-bond acceptors (Lipinski definition) is 3. The number of rotatable bonds is 4. The minimum Gasteiger partial charge on any atom is -0.510 e. The molecule has 0 fully saturated rings. The third kappa shape index (κ3) is 2.40. The lowest BCUT2D eigenvalue weighted by Gasteiger charge is -2.18. The number of aliphatic hydroxyl groups excluding tert-OH is 1. The number of thioether (sulfide) groups is 1. The highest BCUT2D eigenvalue weighted by Crippen LogP contribution is 2.45. The zero-order chi connectivity index (χ0) is 12.3. The molecule has 1 rings (SSSR count). The van der Waals surface area contributed by atoms with Crippen molar-refractivity contribution in [1.29, 1.82) is 0 Å². The molecule has 1 atom stereocenters. The summed E-state index contributed by atoms with van der Waals surface area (Å²) in [6, 6.07) is 0. The molecule has 1 aliphatic heterocycles. The smallest absolute Gasteiger partial charge is 0.220 e. The van der Waals surface area contributed by atoms with Crippen LogP contribution in [0.15, 0.2) is 35.6 Å². The summed E-state index contributed by atoms with van der Waals surface area (Å²) in [6.07, 6.45) is 5.13. The lowest BCUT2D eigenvalue weighted by atomic mass is 10.00.